The maximum absolute atomic E-state index is 10.8. The van der Waals surface area contributed by atoms with Gasteiger partial charge >= 0.3 is 0 Å². The second-order valence-electron chi connectivity index (χ2n) is 3.49. The third-order valence-corrected chi connectivity index (χ3v) is 2.38. The Bertz CT molecular complexity index is 502. The summed E-state index contributed by atoms with van der Waals surface area (Å²) in [7, 11) is 1.95. The number of aromatic nitrogens is 2. The van der Waals surface area contributed by atoms with Crippen LogP contribution in [0.3, 0.4) is 0 Å². The van der Waals surface area contributed by atoms with E-state index in [2.05, 4.69) is 10.3 Å². The zero-order valence-corrected chi connectivity index (χ0v) is 8.82. The molecule has 0 aliphatic heterocycles. The number of hydrogen-bond donors (Lipinski definition) is 1. The molecule has 78 valence electrons. The third-order valence-electron chi connectivity index (χ3n) is 2.38. The van der Waals surface area contributed by atoms with Gasteiger partial charge in [-0.15, -0.1) is 0 Å². The van der Waals surface area contributed by atoms with E-state index in [1.54, 1.807) is 0 Å². The molecule has 1 aromatic heterocycles. The van der Waals surface area contributed by atoms with Gasteiger partial charge in [0.25, 0.3) is 0 Å². The molecule has 2 aromatic rings. The lowest BCUT2D eigenvalue weighted by Crippen LogP contribution is -2.21. The lowest BCUT2D eigenvalue weighted by atomic mass is 10.3. The SMILES string of the molecule is CC(=O)NCc1nc2ccccc2n1C. The summed E-state index contributed by atoms with van der Waals surface area (Å²) < 4.78 is 1.99. The van der Waals surface area contributed by atoms with Crippen LogP contribution in [0.25, 0.3) is 11.0 Å². The number of aryl methyl sites for hydroxylation is 1. The van der Waals surface area contributed by atoms with Crippen LogP contribution < -0.4 is 5.32 Å². The van der Waals surface area contributed by atoms with Gasteiger partial charge in [0, 0.05) is 14.0 Å². The van der Waals surface area contributed by atoms with Crippen molar-refractivity contribution in [1.82, 2.24) is 14.9 Å². The Morgan fingerprint density at radius 2 is 2.20 bits per heavy atom. The van der Waals surface area contributed by atoms with Gasteiger partial charge in [0.15, 0.2) is 0 Å². The van der Waals surface area contributed by atoms with Crippen LogP contribution in [-0.4, -0.2) is 15.5 Å². The molecule has 1 amide bonds. The topological polar surface area (TPSA) is 46.9 Å². The van der Waals surface area contributed by atoms with Gasteiger partial charge < -0.3 is 9.88 Å². The highest BCUT2D eigenvalue weighted by Gasteiger charge is 2.06. The first kappa shape index (κ1) is 9.71. The molecule has 1 aromatic carbocycles. The van der Waals surface area contributed by atoms with Crippen molar-refractivity contribution in [3.8, 4) is 0 Å². The molecule has 0 saturated carbocycles. The zero-order valence-electron chi connectivity index (χ0n) is 8.82. The van der Waals surface area contributed by atoms with Crippen LogP contribution in [-0.2, 0) is 18.4 Å². The molecule has 15 heavy (non-hydrogen) atoms. The highest BCUT2D eigenvalue weighted by atomic mass is 16.1. The van der Waals surface area contributed by atoms with Crippen molar-refractivity contribution in [2.75, 3.05) is 0 Å². The molecule has 1 heterocycles. The first-order chi connectivity index (χ1) is 7.18. The average Bonchev–Trinajstić information content (AvgIpc) is 2.54. The summed E-state index contributed by atoms with van der Waals surface area (Å²) in [4.78, 5) is 15.2. The first-order valence-electron chi connectivity index (χ1n) is 4.83. The van der Waals surface area contributed by atoms with Crippen molar-refractivity contribution in [3.63, 3.8) is 0 Å². The number of carbonyl (C=O) groups is 1. The summed E-state index contributed by atoms with van der Waals surface area (Å²) in [5, 5.41) is 2.74. The second kappa shape index (κ2) is 3.73. The summed E-state index contributed by atoms with van der Waals surface area (Å²) in [5.41, 5.74) is 2.04. The Morgan fingerprint density at radius 1 is 1.47 bits per heavy atom. The van der Waals surface area contributed by atoms with Gasteiger partial charge in [0.2, 0.25) is 5.91 Å². The summed E-state index contributed by atoms with van der Waals surface area (Å²) >= 11 is 0. The fraction of sp³-hybridized carbons (Fsp3) is 0.273. The van der Waals surface area contributed by atoms with Gasteiger partial charge in [-0.05, 0) is 12.1 Å². The number of rotatable bonds is 2. The molecule has 4 nitrogen and oxygen atoms in total. The number of benzene rings is 1. The monoisotopic (exact) mass is 203 g/mol. The Balaban J connectivity index is 2.36. The summed E-state index contributed by atoms with van der Waals surface area (Å²) in [6, 6.07) is 7.91. The van der Waals surface area contributed by atoms with E-state index in [9.17, 15) is 4.79 Å². The van der Waals surface area contributed by atoms with E-state index in [1.165, 1.54) is 6.92 Å². The van der Waals surface area contributed by atoms with Crippen LogP contribution in [0.4, 0.5) is 0 Å². The van der Waals surface area contributed by atoms with Crippen molar-refractivity contribution >= 4 is 16.9 Å². The highest BCUT2D eigenvalue weighted by Crippen LogP contribution is 2.13. The van der Waals surface area contributed by atoms with Crippen LogP contribution in [0, 0.1) is 0 Å². The normalized spacial score (nSPS) is 10.5. The number of nitrogens with one attached hydrogen (secondary N) is 1. The van der Waals surface area contributed by atoms with E-state index in [-0.39, 0.29) is 5.91 Å². The minimum Gasteiger partial charge on any atom is -0.349 e. The van der Waals surface area contributed by atoms with Crippen LogP contribution in [0.5, 0.6) is 0 Å². The Hall–Kier alpha value is -1.84. The molecule has 0 spiro atoms. The first-order valence-corrected chi connectivity index (χ1v) is 4.83. The second-order valence-corrected chi connectivity index (χ2v) is 3.49. The molecule has 0 bridgehead atoms. The predicted molar refractivity (Wildman–Crippen MR) is 58.2 cm³/mol. The highest BCUT2D eigenvalue weighted by molar-refractivity contribution is 5.76. The quantitative estimate of drug-likeness (QED) is 0.797. The van der Waals surface area contributed by atoms with Gasteiger partial charge in [-0.3, -0.25) is 4.79 Å². The molecule has 0 aliphatic carbocycles. The Morgan fingerprint density at radius 3 is 2.87 bits per heavy atom. The number of fused-ring (bicyclic) bond motifs is 1. The van der Waals surface area contributed by atoms with E-state index < -0.39 is 0 Å². The minimum absolute atomic E-state index is 0.0398. The zero-order chi connectivity index (χ0) is 10.8. The number of hydrogen-bond acceptors (Lipinski definition) is 2. The van der Waals surface area contributed by atoms with Crippen molar-refractivity contribution < 1.29 is 4.79 Å². The fourth-order valence-electron chi connectivity index (χ4n) is 1.56. The van der Waals surface area contributed by atoms with E-state index in [0.717, 1.165) is 16.9 Å². The summed E-state index contributed by atoms with van der Waals surface area (Å²) in [5.74, 6) is 0.827. The van der Waals surface area contributed by atoms with Crippen molar-refractivity contribution in [1.29, 1.82) is 0 Å². The lowest BCUT2D eigenvalue weighted by Gasteiger charge is -2.02. The number of nitrogens with zero attached hydrogens (tertiary/aromatic N) is 2. The van der Waals surface area contributed by atoms with Crippen molar-refractivity contribution in [2.24, 2.45) is 7.05 Å². The number of imidazole rings is 1. The Kier molecular flexibility index (Phi) is 2.41. The van der Waals surface area contributed by atoms with Crippen LogP contribution in [0.2, 0.25) is 0 Å². The molecule has 4 heteroatoms. The van der Waals surface area contributed by atoms with Crippen molar-refractivity contribution in [3.05, 3.63) is 30.1 Å². The van der Waals surface area contributed by atoms with Gasteiger partial charge in [-0.1, -0.05) is 12.1 Å². The lowest BCUT2D eigenvalue weighted by molar-refractivity contribution is -0.119. The maximum atomic E-state index is 10.8. The largest absolute Gasteiger partial charge is 0.349 e. The smallest absolute Gasteiger partial charge is 0.217 e. The molecular formula is C11H13N3O. The van der Waals surface area contributed by atoms with Crippen LogP contribution >= 0.6 is 0 Å². The molecule has 0 saturated heterocycles. The molecule has 0 radical (unpaired) electrons. The Labute approximate surface area is 87.9 Å². The third kappa shape index (κ3) is 1.83. The van der Waals surface area contributed by atoms with E-state index in [4.69, 9.17) is 0 Å². The molecule has 1 N–H and O–H groups in total. The molecule has 0 aliphatic rings. The molecule has 0 unspecified atom stereocenters. The van der Waals surface area contributed by atoms with E-state index in [1.807, 2.05) is 35.9 Å². The fourth-order valence-corrected chi connectivity index (χ4v) is 1.56. The van der Waals surface area contributed by atoms with Crippen LogP contribution in [0.1, 0.15) is 12.7 Å². The summed E-state index contributed by atoms with van der Waals surface area (Å²) in [6.45, 7) is 1.98. The molecule has 0 fully saturated rings. The van der Waals surface area contributed by atoms with Gasteiger partial charge in [-0.2, -0.15) is 0 Å². The molecule has 2 rings (SSSR count). The number of carbonyl (C=O) groups excluding carboxylic acids is 1. The van der Waals surface area contributed by atoms with Crippen molar-refractivity contribution in [2.45, 2.75) is 13.5 Å². The predicted octanol–water partition coefficient (Wildman–Crippen LogP) is 1.21. The molecular weight excluding hydrogens is 190 g/mol. The van der Waals surface area contributed by atoms with E-state index in [0.29, 0.717) is 6.54 Å². The standard InChI is InChI=1S/C11H13N3O/c1-8(15)12-7-11-13-9-5-3-4-6-10(9)14(11)2/h3-6H,7H2,1-2H3,(H,12,15). The van der Waals surface area contributed by atoms with E-state index >= 15 is 0 Å². The number of para-hydroxylation sites is 2. The van der Waals surface area contributed by atoms with Gasteiger partial charge in [-0.25, -0.2) is 4.98 Å². The van der Waals surface area contributed by atoms with Gasteiger partial charge in [0.1, 0.15) is 5.82 Å². The average molecular weight is 203 g/mol. The maximum Gasteiger partial charge on any atom is 0.217 e. The molecule has 0 atom stereocenters. The minimum atomic E-state index is -0.0398. The van der Waals surface area contributed by atoms with Gasteiger partial charge in [0.05, 0.1) is 17.6 Å². The number of amides is 1. The van der Waals surface area contributed by atoms with Crippen LogP contribution in [0.15, 0.2) is 24.3 Å². The summed E-state index contributed by atoms with van der Waals surface area (Å²) in [6.07, 6.45) is 0.